The van der Waals surface area contributed by atoms with Crippen LogP contribution in [0.25, 0.3) is 0 Å². The number of piperidine rings is 1. The number of carbonyl (C=O) groups is 1. The summed E-state index contributed by atoms with van der Waals surface area (Å²) in [5.74, 6) is -0.0618. The molecule has 2 aromatic carbocycles. The molecule has 1 saturated heterocycles. The molecule has 0 spiro atoms. The number of halogens is 1. The van der Waals surface area contributed by atoms with Crippen LogP contribution in [0.2, 0.25) is 0 Å². The predicted molar refractivity (Wildman–Crippen MR) is 104 cm³/mol. The highest BCUT2D eigenvalue weighted by atomic mass is 79.9. The molecular formula is C19H22BrN3O. The summed E-state index contributed by atoms with van der Waals surface area (Å²) in [5, 5.41) is 6.04. The predicted octanol–water partition coefficient (Wildman–Crippen LogP) is 4.49. The Morgan fingerprint density at radius 3 is 2.46 bits per heavy atom. The van der Waals surface area contributed by atoms with Gasteiger partial charge in [0, 0.05) is 34.6 Å². The van der Waals surface area contributed by atoms with Gasteiger partial charge >= 0.3 is 0 Å². The molecular weight excluding hydrogens is 366 g/mol. The minimum Gasteiger partial charge on any atom is -0.376 e. The minimum atomic E-state index is -0.0618. The van der Waals surface area contributed by atoms with E-state index in [1.54, 1.807) is 0 Å². The Bertz CT molecular complexity index is 681. The van der Waals surface area contributed by atoms with Crippen molar-refractivity contribution in [3.63, 3.8) is 0 Å². The van der Waals surface area contributed by atoms with Gasteiger partial charge in [0.1, 0.15) is 0 Å². The molecule has 0 saturated carbocycles. The third kappa shape index (κ3) is 4.74. The minimum absolute atomic E-state index is 0.0618. The lowest BCUT2D eigenvalue weighted by Gasteiger charge is -2.28. The fourth-order valence-electron chi connectivity index (χ4n) is 2.90. The fourth-order valence-corrected chi connectivity index (χ4v) is 3.30. The number of anilines is 3. The molecule has 2 aromatic rings. The maximum absolute atomic E-state index is 12.0. The smallest absolute Gasteiger partial charge is 0.243 e. The molecule has 0 aromatic heterocycles. The summed E-state index contributed by atoms with van der Waals surface area (Å²) < 4.78 is 0.946. The molecule has 0 atom stereocenters. The van der Waals surface area contributed by atoms with E-state index in [-0.39, 0.29) is 12.5 Å². The van der Waals surface area contributed by atoms with Crippen molar-refractivity contribution in [1.29, 1.82) is 0 Å². The second-order valence-corrected chi connectivity index (χ2v) is 6.92. The van der Waals surface area contributed by atoms with E-state index in [9.17, 15) is 4.79 Å². The van der Waals surface area contributed by atoms with Gasteiger partial charge in [-0.25, -0.2) is 0 Å². The Morgan fingerprint density at radius 2 is 1.75 bits per heavy atom. The van der Waals surface area contributed by atoms with Gasteiger partial charge in [-0.2, -0.15) is 0 Å². The van der Waals surface area contributed by atoms with Gasteiger partial charge in [0.05, 0.1) is 6.54 Å². The highest BCUT2D eigenvalue weighted by molar-refractivity contribution is 9.10. The number of benzene rings is 2. The zero-order chi connectivity index (χ0) is 16.8. The van der Waals surface area contributed by atoms with Crippen molar-refractivity contribution >= 4 is 38.9 Å². The summed E-state index contributed by atoms with van der Waals surface area (Å²) in [6.45, 7) is 2.53. The van der Waals surface area contributed by atoms with Crippen molar-refractivity contribution in [2.24, 2.45) is 0 Å². The monoisotopic (exact) mass is 387 g/mol. The topological polar surface area (TPSA) is 44.4 Å². The quantitative estimate of drug-likeness (QED) is 0.793. The molecule has 0 radical (unpaired) electrons. The second-order valence-electron chi connectivity index (χ2n) is 6.01. The molecule has 4 nitrogen and oxygen atoms in total. The van der Waals surface area contributed by atoms with E-state index in [4.69, 9.17) is 0 Å². The summed E-state index contributed by atoms with van der Waals surface area (Å²) in [4.78, 5) is 14.4. The summed E-state index contributed by atoms with van der Waals surface area (Å²) in [7, 11) is 0. The number of amides is 1. The lowest BCUT2D eigenvalue weighted by molar-refractivity contribution is -0.114. The molecule has 1 aliphatic heterocycles. The fraction of sp³-hybridized carbons (Fsp3) is 0.316. The van der Waals surface area contributed by atoms with Crippen LogP contribution in [-0.2, 0) is 4.79 Å². The van der Waals surface area contributed by atoms with Crippen LogP contribution in [0.15, 0.2) is 53.0 Å². The van der Waals surface area contributed by atoms with Gasteiger partial charge in [-0.1, -0.05) is 22.0 Å². The summed E-state index contributed by atoms with van der Waals surface area (Å²) >= 11 is 3.40. The van der Waals surface area contributed by atoms with Gasteiger partial charge in [0.25, 0.3) is 0 Å². The Balaban J connectivity index is 1.50. The number of hydrogen-bond acceptors (Lipinski definition) is 3. The zero-order valence-corrected chi connectivity index (χ0v) is 15.2. The molecule has 3 rings (SSSR count). The second kappa shape index (κ2) is 8.20. The molecule has 1 fully saturated rings. The van der Waals surface area contributed by atoms with E-state index in [2.05, 4.69) is 43.6 Å². The van der Waals surface area contributed by atoms with Gasteiger partial charge in [-0.05, 0) is 61.7 Å². The van der Waals surface area contributed by atoms with Gasteiger partial charge in [-0.3, -0.25) is 4.79 Å². The molecule has 126 valence electrons. The maximum atomic E-state index is 12.0. The highest BCUT2D eigenvalue weighted by Crippen LogP contribution is 2.21. The Hall–Kier alpha value is -2.01. The summed E-state index contributed by atoms with van der Waals surface area (Å²) in [6.07, 6.45) is 3.88. The Labute approximate surface area is 151 Å². The average molecular weight is 388 g/mol. The van der Waals surface area contributed by atoms with E-state index < -0.39 is 0 Å². The largest absolute Gasteiger partial charge is 0.376 e. The summed E-state index contributed by atoms with van der Waals surface area (Å²) in [6, 6.07) is 15.9. The third-order valence-electron chi connectivity index (χ3n) is 4.15. The number of hydrogen-bond donors (Lipinski definition) is 2. The van der Waals surface area contributed by atoms with E-state index >= 15 is 0 Å². The van der Waals surface area contributed by atoms with Crippen LogP contribution >= 0.6 is 15.9 Å². The van der Waals surface area contributed by atoms with Crippen molar-refractivity contribution < 1.29 is 4.79 Å². The van der Waals surface area contributed by atoms with Crippen molar-refractivity contribution in [1.82, 2.24) is 0 Å². The van der Waals surface area contributed by atoms with Crippen LogP contribution in [0.3, 0.4) is 0 Å². The Morgan fingerprint density at radius 1 is 1.00 bits per heavy atom. The van der Waals surface area contributed by atoms with E-state index in [0.717, 1.165) is 28.9 Å². The van der Waals surface area contributed by atoms with Gasteiger partial charge in [-0.15, -0.1) is 0 Å². The first-order valence-corrected chi connectivity index (χ1v) is 9.14. The lowest BCUT2D eigenvalue weighted by Crippen LogP contribution is -2.29. The summed E-state index contributed by atoms with van der Waals surface area (Å²) in [5.41, 5.74) is 3.01. The first-order valence-electron chi connectivity index (χ1n) is 8.35. The Kier molecular flexibility index (Phi) is 5.75. The first-order chi connectivity index (χ1) is 11.7. The first kappa shape index (κ1) is 16.8. The van der Waals surface area contributed by atoms with Crippen molar-refractivity contribution in [2.75, 3.05) is 35.2 Å². The van der Waals surface area contributed by atoms with Gasteiger partial charge in [0.2, 0.25) is 5.91 Å². The number of nitrogens with zero attached hydrogens (tertiary/aromatic N) is 1. The molecule has 0 aliphatic carbocycles. The van der Waals surface area contributed by atoms with Crippen LogP contribution in [0.5, 0.6) is 0 Å². The highest BCUT2D eigenvalue weighted by Gasteiger charge is 2.10. The molecule has 24 heavy (non-hydrogen) atoms. The number of nitrogens with one attached hydrogen (secondary N) is 2. The van der Waals surface area contributed by atoms with Crippen LogP contribution in [0.1, 0.15) is 19.3 Å². The molecule has 5 heteroatoms. The normalized spacial score (nSPS) is 14.3. The average Bonchev–Trinajstić information content (AvgIpc) is 2.61. The van der Waals surface area contributed by atoms with Crippen molar-refractivity contribution in [3.05, 3.63) is 53.0 Å². The van der Waals surface area contributed by atoms with Crippen LogP contribution in [0.4, 0.5) is 17.1 Å². The lowest BCUT2D eigenvalue weighted by atomic mass is 10.1. The van der Waals surface area contributed by atoms with Gasteiger partial charge < -0.3 is 15.5 Å². The molecule has 1 amide bonds. The maximum Gasteiger partial charge on any atom is 0.243 e. The van der Waals surface area contributed by atoms with Crippen LogP contribution < -0.4 is 15.5 Å². The van der Waals surface area contributed by atoms with Crippen LogP contribution in [-0.4, -0.2) is 25.5 Å². The molecule has 0 unspecified atom stereocenters. The van der Waals surface area contributed by atoms with E-state index in [1.807, 2.05) is 36.4 Å². The van der Waals surface area contributed by atoms with Gasteiger partial charge in [0.15, 0.2) is 0 Å². The zero-order valence-electron chi connectivity index (χ0n) is 13.6. The van der Waals surface area contributed by atoms with Crippen molar-refractivity contribution in [3.8, 4) is 0 Å². The van der Waals surface area contributed by atoms with Crippen molar-refractivity contribution in [2.45, 2.75) is 19.3 Å². The molecule has 0 bridgehead atoms. The molecule has 2 N–H and O–H groups in total. The molecule has 1 aliphatic rings. The van der Waals surface area contributed by atoms with E-state index in [1.165, 1.54) is 24.9 Å². The SMILES string of the molecule is O=C(CNc1ccc(N2CCCCC2)cc1)Nc1cccc(Br)c1. The molecule has 1 heterocycles. The number of rotatable bonds is 5. The third-order valence-corrected chi connectivity index (χ3v) is 4.64. The number of carbonyl (C=O) groups excluding carboxylic acids is 1. The van der Waals surface area contributed by atoms with Crippen LogP contribution in [0, 0.1) is 0 Å². The standard InChI is InChI=1S/C19H22BrN3O/c20-15-5-4-6-17(13-15)22-19(24)14-21-16-7-9-18(10-8-16)23-11-2-1-3-12-23/h4-10,13,21H,1-3,11-12,14H2,(H,22,24). The van der Waals surface area contributed by atoms with E-state index in [0.29, 0.717) is 0 Å².